The van der Waals surface area contributed by atoms with Crippen LogP contribution in [0.2, 0.25) is 0 Å². The van der Waals surface area contributed by atoms with E-state index in [-0.39, 0.29) is 12.3 Å². The minimum absolute atomic E-state index is 0.0739. The second kappa shape index (κ2) is 8.71. The number of benzene rings is 3. The predicted octanol–water partition coefficient (Wildman–Crippen LogP) is 5.87. The third-order valence-electron chi connectivity index (χ3n) is 4.43. The summed E-state index contributed by atoms with van der Waals surface area (Å²) in [5, 5.41) is 3.81. The zero-order valence-corrected chi connectivity index (χ0v) is 16.8. The minimum atomic E-state index is -0.0739. The molecule has 0 aliphatic heterocycles. The Labute approximate surface area is 173 Å². The first-order chi connectivity index (χ1) is 14.2. The summed E-state index contributed by atoms with van der Waals surface area (Å²) in [6.45, 7) is 0. The Hall–Kier alpha value is -3.44. The van der Waals surface area contributed by atoms with Crippen molar-refractivity contribution in [3.63, 3.8) is 0 Å². The number of ether oxygens (including phenoxy) is 1. The van der Waals surface area contributed by atoms with E-state index in [0.29, 0.717) is 0 Å². The van der Waals surface area contributed by atoms with Gasteiger partial charge in [-0.05, 0) is 53.6 Å². The number of hydrogen-bond donors (Lipinski definition) is 1. The second-order valence-electron chi connectivity index (χ2n) is 6.52. The average molecular weight is 401 g/mol. The van der Waals surface area contributed by atoms with E-state index >= 15 is 0 Å². The Bertz CT molecular complexity index is 1120. The van der Waals surface area contributed by atoms with E-state index in [4.69, 9.17) is 9.72 Å². The van der Waals surface area contributed by atoms with Crippen LogP contribution >= 0.6 is 11.3 Å². The van der Waals surface area contributed by atoms with Crippen LogP contribution in [0.25, 0.3) is 21.9 Å². The Kier molecular flexibility index (Phi) is 5.68. The van der Waals surface area contributed by atoms with Crippen molar-refractivity contribution in [2.45, 2.75) is 6.42 Å². The number of para-hydroxylation sites is 2. The van der Waals surface area contributed by atoms with E-state index in [9.17, 15) is 4.79 Å². The summed E-state index contributed by atoms with van der Waals surface area (Å²) < 4.78 is 6.34. The van der Waals surface area contributed by atoms with Crippen molar-refractivity contribution in [2.75, 3.05) is 12.4 Å². The lowest BCUT2D eigenvalue weighted by Gasteiger charge is -2.08. The fraction of sp³-hybridized carbons (Fsp3) is 0.0833. The number of rotatable bonds is 6. The van der Waals surface area contributed by atoms with E-state index in [1.54, 1.807) is 18.4 Å². The Morgan fingerprint density at radius 1 is 1.00 bits per heavy atom. The number of nitrogens with one attached hydrogen (secondary N) is 1. The molecule has 0 aliphatic rings. The molecular formula is C24H20N2O2S. The van der Waals surface area contributed by atoms with Crippen molar-refractivity contribution in [1.82, 2.24) is 4.98 Å². The molecule has 1 amide bonds. The van der Waals surface area contributed by atoms with Crippen molar-refractivity contribution in [3.8, 4) is 5.75 Å². The van der Waals surface area contributed by atoms with E-state index in [1.807, 2.05) is 84.9 Å². The zero-order chi connectivity index (χ0) is 20.1. The molecule has 3 aromatic carbocycles. The molecule has 4 rings (SSSR count). The summed E-state index contributed by atoms with van der Waals surface area (Å²) in [6, 6.07) is 25.3. The highest BCUT2D eigenvalue weighted by molar-refractivity contribution is 7.19. The summed E-state index contributed by atoms with van der Waals surface area (Å²) in [5.41, 5.74) is 3.60. The predicted molar refractivity (Wildman–Crippen MR) is 120 cm³/mol. The summed E-state index contributed by atoms with van der Waals surface area (Å²) in [6.07, 6.45) is 2.25. The van der Waals surface area contributed by atoms with Gasteiger partial charge in [0.15, 0.2) is 0 Å². The number of thiazole rings is 1. The molecule has 0 saturated carbocycles. The van der Waals surface area contributed by atoms with Gasteiger partial charge in [0.2, 0.25) is 5.91 Å². The first-order valence-corrected chi connectivity index (χ1v) is 10.1. The maximum Gasteiger partial charge on any atom is 0.228 e. The second-order valence-corrected chi connectivity index (χ2v) is 7.55. The molecule has 0 spiro atoms. The van der Waals surface area contributed by atoms with Crippen LogP contribution in [0.3, 0.4) is 0 Å². The topological polar surface area (TPSA) is 51.2 Å². The van der Waals surface area contributed by atoms with Crippen LogP contribution in [0.4, 0.5) is 5.69 Å². The molecule has 4 aromatic rings. The molecule has 0 aliphatic carbocycles. The number of hydrogen-bond acceptors (Lipinski definition) is 4. The molecule has 0 fully saturated rings. The third kappa shape index (κ3) is 4.70. The summed E-state index contributed by atoms with van der Waals surface area (Å²) in [4.78, 5) is 17.5. The highest BCUT2D eigenvalue weighted by atomic mass is 32.1. The minimum Gasteiger partial charge on any atom is -0.497 e. The number of carbonyl (C=O) groups excluding carboxylic acids is 1. The van der Waals surface area contributed by atoms with Gasteiger partial charge in [0.1, 0.15) is 10.8 Å². The third-order valence-corrected chi connectivity index (χ3v) is 5.55. The lowest BCUT2D eigenvalue weighted by molar-refractivity contribution is -0.115. The van der Waals surface area contributed by atoms with Gasteiger partial charge in [-0.25, -0.2) is 4.98 Å². The van der Waals surface area contributed by atoms with Crippen molar-refractivity contribution in [2.24, 2.45) is 0 Å². The van der Waals surface area contributed by atoms with Crippen LogP contribution in [-0.4, -0.2) is 18.0 Å². The number of methoxy groups -OCH3 is 1. The molecule has 5 heteroatoms. The van der Waals surface area contributed by atoms with Crippen LogP contribution in [0.15, 0.2) is 78.9 Å². The molecule has 1 heterocycles. The molecule has 144 valence electrons. The van der Waals surface area contributed by atoms with Gasteiger partial charge in [0.25, 0.3) is 0 Å². The summed E-state index contributed by atoms with van der Waals surface area (Å²) in [5.74, 6) is 0.723. The lowest BCUT2D eigenvalue weighted by Crippen LogP contribution is -2.11. The highest BCUT2D eigenvalue weighted by Crippen LogP contribution is 2.30. The normalized spacial score (nSPS) is 11.4. The molecule has 0 saturated heterocycles. The van der Waals surface area contributed by atoms with Gasteiger partial charge in [-0.15, -0.1) is 11.3 Å². The SMILES string of the molecule is COc1ccc(C=C(CC(=O)Nc2ccccc2)c2nc3ccccc3s2)cc1. The number of nitrogens with zero attached hydrogens (tertiary/aromatic N) is 1. The number of fused-ring (bicyclic) bond motifs is 1. The quantitative estimate of drug-likeness (QED) is 0.440. The van der Waals surface area contributed by atoms with Crippen LogP contribution in [0.5, 0.6) is 5.75 Å². The van der Waals surface area contributed by atoms with E-state index < -0.39 is 0 Å². The largest absolute Gasteiger partial charge is 0.497 e. The summed E-state index contributed by atoms with van der Waals surface area (Å²) >= 11 is 1.60. The summed E-state index contributed by atoms with van der Waals surface area (Å²) in [7, 11) is 1.64. The maximum atomic E-state index is 12.7. The van der Waals surface area contributed by atoms with Crippen molar-refractivity contribution >= 4 is 44.8 Å². The van der Waals surface area contributed by atoms with E-state index in [0.717, 1.165) is 37.8 Å². The molecule has 29 heavy (non-hydrogen) atoms. The van der Waals surface area contributed by atoms with Gasteiger partial charge >= 0.3 is 0 Å². The smallest absolute Gasteiger partial charge is 0.228 e. The van der Waals surface area contributed by atoms with E-state index in [1.165, 1.54) is 0 Å². The Balaban J connectivity index is 1.65. The average Bonchev–Trinajstić information content (AvgIpc) is 3.19. The Morgan fingerprint density at radius 3 is 2.45 bits per heavy atom. The maximum absolute atomic E-state index is 12.7. The molecule has 0 bridgehead atoms. The van der Waals surface area contributed by atoms with Crippen molar-refractivity contribution in [3.05, 3.63) is 89.4 Å². The molecule has 0 unspecified atom stereocenters. The zero-order valence-electron chi connectivity index (χ0n) is 16.0. The van der Waals surface area contributed by atoms with Gasteiger partial charge in [-0.1, -0.05) is 42.5 Å². The first kappa shape index (κ1) is 18.9. The molecular weight excluding hydrogens is 380 g/mol. The Morgan fingerprint density at radius 2 is 1.72 bits per heavy atom. The van der Waals surface area contributed by atoms with Crippen LogP contribution in [0.1, 0.15) is 17.0 Å². The van der Waals surface area contributed by atoms with Crippen LogP contribution in [0, 0.1) is 0 Å². The molecule has 1 N–H and O–H groups in total. The van der Waals surface area contributed by atoms with Gasteiger partial charge in [-0.2, -0.15) is 0 Å². The fourth-order valence-electron chi connectivity index (χ4n) is 3.00. The van der Waals surface area contributed by atoms with Crippen molar-refractivity contribution < 1.29 is 9.53 Å². The number of amides is 1. The lowest BCUT2D eigenvalue weighted by atomic mass is 10.1. The first-order valence-electron chi connectivity index (χ1n) is 9.27. The molecule has 1 aromatic heterocycles. The van der Waals surface area contributed by atoms with Crippen molar-refractivity contribution in [1.29, 1.82) is 0 Å². The van der Waals surface area contributed by atoms with Crippen LogP contribution in [-0.2, 0) is 4.79 Å². The molecule has 0 radical (unpaired) electrons. The monoisotopic (exact) mass is 400 g/mol. The van der Waals surface area contributed by atoms with Crippen LogP contribution < -0.4 is 10.1 Å². The standard InChI is InChI=1S/C24H20N2O2S/c1-28-20-13-11-17(12-14-20)15-18(16-23(27)25-19-7-3-2-4-8-19)24-26-21-9-5-6-10-22(21)29-24/h2-15H,16H2,1H3,(H,25,27). The molecule has 4 nitrogen and oxygen atoms in total. The van der Waals surface area contributed by atoms with Gasteiger partial charge in [-0.3, -0.25) is 4.79 Å². The fourth-order valence-corrected chi connectivity index (χ4v) is 3.98. The number of aromatic nitrogens is 1. The molecule has 0 atom stereocenters. The number of carbonyl (C=O) groups is 1. The van der Waals surface area contributed by atoms with E-state index in [2.05, 4.69) is 5.32 Å². The number of anilines is 1. The van der Waals surface area contributed by atoms with Gasteiger partial charge in [0.05, 0.1) is 23.7 Å². The highest BCUT2D eigenvalue weighted by Gasteiger charge is 2.14. The van der Waals surface area contributed by atoms with Gasteiger partial charge < -0.3 is 10.1 Å². The van der Waals surface area contributed by atoms with Gasteiger partial charge in [0, 0.05) is 5.69 Å².